The van der Waals surface area contributed by atoms with Crippen LogP contribution in [0.1, 0.15) is 5.56 Å². The zero-order valence-corrected chi connectivity index (χ0v) is 14.1. The zero-order chi connectivity index (χ0) is 17.5. The molecule has 0 spiro atoms. The molecule has 3 aromatic carbocycles. The lowest BCUT2D eigenvalue weighted by Gasteiger charge is -2.25. The van der Waals surface area contributed by atoms with Gasteiger partial charge in [-0.25, -0.2) is 0 Å². The second kappa shape index (κ2) is 8.51. The summed E-state index contributed by atoms with van der Waals surface area (Å²) in [5.41, 5.74) is 2.11. The molecule has 4 heteroatoms. The maximum atomic E-state index is 9.31. The molecule has 0 heterocycles. The minimum absolute atomic E-state index is 0.0422. The lowest BCUT2D eigenvalue weighted by molar-refractivity contribution is 0.281. The first-order valence-electron chi connectivity index (χ1n) is 8.48. The van der Waals surface area contributed by atoms with Gasteiger partial charge in [0.25, 0.3) is 0 Å². The molecular weight excluding hydrogens is 314 g/mol. The van der Waals surface area contributed by atoms with E-state index in [4.69, 9.17) is 4.74 Å². The van der Waals surface area contributed by atoms with Crippen LogP contribution in [0.2, 0.25) is 0 Å². The van der Waals surface area contributed by atoms with Crippen molar-refractivity contribution in [1.82, 2.24) is 0 Å². The third-order valence-corrected chi connectivity index (χ3v) is 4.18. The molecule has 0 radical (unpaired) electrons. The van der Waals surface area contributed by atoms with Gasteiger partial charge in [0.1, 0.15) is 12.4 Å². The molecule has 0 aromatic heterocycles. The Labute approximate surface area is 147 Å². The highest BCUT2D eigenvalue weighted by Gasteiger charge is 2.12. The fraction of sp³-hybridized carbons (Fsp3) is 0.238. The third kappa shape index (κ3) is 4.10. The van der Waals surface area contributed by atoms with E-state index in [0.29, 0.717) is 19.7 Å². The fourth-order valence-electron chi connectivity index (χ4n) is 2.99. The van der Waals surface area contributed by atoms with Gasteiger partial charge in [0.15, 0.2) is 0 Å². The van der Waals surface area contributed by atoms with Crippen LogP contribution in [0.5, 0.6) is 5.75 Å². The van der Waals surface area contributed by atoms with E-state index in [9.17, 15) is 10.2 Å². The van der Waals surface area contributed by atoms with Gasteiger partial charge in [0.2, 0.25) is 0 Å². The number of hydrogen-bond acceptors (Lipinski definition) is 4. The van der Waals surface area contributed by atoms with Crippen molar-refractivity contribution in [2.24, 2.45) is 0 Å². The Hall–Kier alpha value is -2.56. The van der Waals surface area contributed by atoms with Gasteiger partial charge in [0, 0.05) is 29.5 Å². The minimum Gasteiger partial charge on any atom is -0.488 e. The van der Waals surface area contributed by atoms with E-state index in [1.165, 1.54) is 0 Å². The Morgan fingerprint density at radius 2 is 1.36 bits per heavy atom. The Bertz CT molecular complexity index is 799. The highest BCUT2D eigenvalue weighted by Crippen LogP contribution is 2.34. The van der Waals surface area contributed by atoms with Crippen LogP contribution in [0.25, 0.3) is 10.8 Å². The standard InChI is InChI=1S/C21H23NO3/c23-14-12-22(13-15-24)20-10-11-21(19-9-5-4-8-18(19)20)25-16-17-6-2-1-3-7-17/h1-11,23-24H,12-16H2. The van der Waals surface area contributed by atoms with Crippen molar-refractivity contribution in [2.45, 2.75) is 6.61 Å². The predicted molar refractivity (Wildman–Crippen MR) is 101 cm³/mol. The molecule has 0 aliphatic heterocycles. The van der Waals surface area contributed by atoms with E-state index in [2.05, 4.69) is 0 Å². The van der Waals surface area contributed by atoms with Gasteiger partial charge in [-0.3, -0.25) is 0 Å². The average molecular weight is 337 g/mol. The number of aliphatic hydroxyl groups is 2. The SMILES string of the molecule is OCCN(CCO)c1ccc(OCc2ccccc2)c2ccccc12. The number of fused-ring (bicyclic) bond motifs is 1. The van der Waals surface area contributed by atoms with Crippen molar-refractivity contribution in [2.75, 3.05) is 31.2 Å². The maximum absolute atomic E-state index is 9.31. The summed E-state index contributed by atoms with van der Waals surface area (Å²) in [6.07, 6.45) is 0. The van der Waals surface area contributed by atoms with Crippen molar-refractivity contribution in [1.29, 1.82) is 0 Å². The highest BCUT2D eigenvalue weighted by molar-refractivity contribution is 5.98. The van der Waals surface area contributed by atoms with Gasteiger partial charge >= 0.3 is 0 Å². The number of hydrogen-bond donors (Lipinski definition) is 2. The highest BCUT2D eigenvalue weighted by atomic mass is 16.5. The van der Waals surface area contributed by atoms with Crippen molar-refractivity contribution < 1.29 is 14.9 Å². The Morgan fingerprint density at radius 3 is 2.04 bits per heavy atom. The number of rotatable bonds is 8. The molecule has 2 N–H and O–H groups in total. The second-order valence-electron chi connectivity index (χ2n) is 5.84. The molecule has 0 unspecified atom stereocenters. The molecule has 4 nitrogen and oxygen atoms in total. The molecule has 25 heavy (non-hydrogen) atoms. The van der Waals surface area contributed by atoms with Crippen molar-refractivity contribution >= 4 is 16.5 Å². The Morgan fingerprint density at radius 1 is 0.720 bits per heavy atom. The molecule has 0 saturated carbocycles. The summed E-state index contributed by atoms with van der Waals surface area (Å²) in [5.74, 6) is 0.830. The Balaban J connectivity index is 1.92. The van der Waals surface area contributed by atoms with Gasteiger partial charge in [-0.15, -0.1) is 0 Å². The largest absolute Gasteiger partial charge is 0.488 e. The topological polar surface area (TPSA) is 52.9 Å². The van der Waals surface area contributed by atoms with Crippen molar-refractivity contribution in [3.63, 3.8) is 0 Å². The fourth-order valence-corrected chi connectivity index (χ4v) is 2.99. The predicted octanol–water partition coefficient (Wildman–Crippen LogP) is 3.21. The molecule has 0 aliphatic rings. The molecule has 0 aliphatic carbocycles. The average Bonchev–Trinajstić information content (AvgIpc) is 2.67. The first kappa shape index (κ1) is 17.3. The first-order valence-corrected chi connectivity index (χ1v) is 8.48. The van der Waals surface area contributed by atoms with Gasteiger partial charge in [-0.2, -0.15) is 0 Å². The number of nitrogens with zero attached hydrogens (tertiary/aromatic N) is 1. The molecule has 0 amide bonds. The molecule has 0 bridgehead atoms. The summed E-state index contributed by atoms with van der Waals surface area (Å²) in [4.78, 5) is 1.99. The summed E-state index contributed by atoms with van der Waals surface area (Å²) in [7, 11) is 0. The quantitative estimate of drug-likeness (QED) is 0.663. The lowest BCUT2D eigenvalue weighted by Crippen LogP contribution is -2.29. The van der Waals surface area contributed by atoms with Crippen LogP contribution in [0.4, 0.5) is 5.69 Å². The van der Waals surface area contributed by atoms with Crippen LogP contribution in [0, 0.1) is 0 Å². The van der Waals surface area contributed by atoms with Gasteiger partial charge in [-0.1, -0.05) is 54.6 Å². The van der Waals surface area contributed by atoms with Crippen LogP contribution in [0.3, 0.4) is 0 Å². The van der Waals surface area contributed by atoms with E-state index < -0.39 is 0 Å². The van der Waals surface area contributed by atoms with E-state index in [-0.39, 0.29) is 13.2 Å². The summed E-state index contributed by atoms with van der Waals surface area (Å²) in [6, 6.07) is 22.1. The van der Waals surface area contributed by atoms with E-state index in [1.54, 1.807) is 0 Å². The monoisotopic (exact) mass is 337 g/mol. The second-order valence-corrected chi connectivity index (χ2v) is 5.84. The molecule has 3 rings (SSSR count). The molecule has 130 valence electrons. The summed E-state index contributed by atoms with van der Waals surface area (Å²) >= 11 is 0. The van der Waals surface area contributed by atoms with Gasteiger partial charge in [-0.05, 0) is 17.7 Å². The van der Waals surface area contributed by atoms with E-state index in [0.717, 1.165) is 27.8 Å². The van der Waals surface area contributed by atoms with Crippen molar-refractivity contribution in [3.8, 4) is 5.75 Å². The number of anilines is 1. The van der Waals surface area contributed by atoms with Crippen LogP contribution in [0.15, 0.2) is 66.7 Å². The first-order chi connectivity index (χ1) is 12.3. The normalized spacial score (nSPS) is 10.8. The summed E-state index contributed by atoms with van der Waals surface area (Å²) in [5, 5.41) is 20.7. The lowest BCUT2D eigenvalue weighted by atomic mass is 10.1. The molecule has 0 fully saturated rings. The molecule has 0 saturated heterocycles. The number of aliphatic hydroxyl groups excluding tert-OH is 2. The van der Waals surface area contributed by atoms with Crippen LogP contribution in [-0.2, 0) is 6.61 Å². The van der Waals surface area contributed by atoms with Crippen LogP contribution >= 0.6 is 0 Å². The smallest absolute Gasteiger partial charge is 0.127 e. The summed E-state index contributed by atoms with van der Waals surface area (Å²) in [6.45, 7) is 1.56. The van der Waals surface area contributed by atoms with Crippen molar-refractivity contribution in [3.05, 3.63) is 72.3 Å². The molecule has 0 atom stereocenters. The van der Waals surface area contributed by atoms with Gasteiger partial charge in [0.05, 0.1) is 13.2 Å². The third-order valence-electron chi connectivity index (χ3n) is 4.18. The van der Waals surface area contributed by atoms with E-state index >= 15 is 0 Å². The van der Waals surface area contributed by atoms with Crippen LogP contribution in [-0.4, -0.2) is 36.5 Å². The molecular formula is C21H23NO3. The van der Waals surface area contributed by atoms with Crippen LogP contribution < -0.4 is 9.64 Å². The number of ether oxygens (including phenoxy) is 1. The summed E-state index contributed by atoms with van der Waals surface area (Å²) < 4.78 is 6.04. The molecule has 3 aromatic rings. The zero-order valence-electron chi connectivity index (χ0n) is 14.1. The minimum atomic E-state index is 0.0422. The maximum Gasteiger partial charge on any atom is 0.127 e. The Kier molecular flexibility index (Phi) is 5.88. The van der Waals surface area contributed by atoms with E-state index in [1.807, 2.05) is 71.6 Å². The number of benzene rings is 3. The van der Waals surface area contributed by atoms with Gasteiger partial charge < -0.3 is 19.8 Å².